The Hall–Kier alpha value is -3.76. The predicted molar refractivity (Wildman–Crippen MR) is 114 cm³/mol. The number of rotatable bonds is 5. The van der Waals surface area contributed by atoms with Gasteiger partial charge in [-0.25, -0.2) is 13.8 Å². The molecule has 178 valence electrons. The number of hydrogen-bond acceptors (Lipinski definition) is 5. The van der Waals surface area contributed by atoms with Gasteiger partial charge in [-0.15, -0.1) is 13.2 Å². The minimum absolute atomic E-state index is 0.0801. The lowest BCUT2D eigenvalue weighted by molar-refractivity contribution is -0.275. The summed E-state index contributed by atoms with van der Waals surface area (Å²) in [4.78, 5) is 23.1. The lowest BCUT2D eigenvalue weighted by atomic mass is 10.1. The SMILES string of the molecule is C[C@@H]1CCN(c2ncc(C(=O)Nc3ccc(OC(F)(F)F)c(F)c3)cc2-c2cncc(F)c2)C1. The Bertz CT molecular complexity index is 1220. The molecule has 1 N–H and O–H groups in total. The van der Waals surface area contributed by atoms with Gasteiger partial charge in [0.15, 0.2) is 11.6 Å². The van der Waals surface area contributed by atoms with Crippen LogP contribution in [0.5, 0.6) is 5.75 Å². The second-order valence-corrected chi connectivity index (χ2v) is 7.97. The second kappa shape index (κ2) is 9.24. The first-order valence-electron chi connectivity index (χ1n) is 10.3. The first-order chi connectivity index (χ1) is 16.1. The third kappa shape index (κ3) is 5.41. The molecule has 1 fully saturated rings. The first-order valence-corrected chi connectivity index (χ1v) is 10.3. The van der Waals surface area contributed by atoms with Gasteiger partial charge in [-0.05, 0) is 36.6 Å². The molecule has 1 saturated heterocycles. The Morgan fingerprint density at radius 3 is 2.59 bits per heavy atom. The molecule has 0 radical (unpaired) electrons. The van der Waals surface area contributed by atoms with Gasteiger partial charge in [0.2, 0.25) is 0 Å². The van der Waals surface area contributed by atoms with Gasteiger partial charge < -0.3 is 15.0 Å². The van der Waals surface area contributed by atoms with E-state index in [-0.39, 0.29) is 11.3 Å². The van der Waals surface area contributed by atoms with Crippen LogP contribution in [0.3, 0.4) is 0 Å². The second-order valence-electron chi connectivity index (χ2n) is 7.97. The summed E-state index contributed by atoms with van der Waals surface area (Å²) < 4.78 is 68.4. The van der Waals surface area contributed by atoms with E-state index in [1.165, 1.54) is 24.5 Å². The average Bonchev–Trinajstić information content (AvgIpc) is 3.20. The van der Waals surface area contributed by atoms with Crippen molar-refractivity contribution in [2.24, 2.45) is 5.92 Å². The van der Waals surface area contributed by atoms with Crippen LogP contribution in [0.15, 0.2) is 48.9 Å². The van der Waals surface area contributed by atoms with Crippen LogP contribution >= 0.6 is 0 Å². The number of nitrogens with one attached hydrogen (secondary N) is 1. The maximum Gasteiger partial charge on any atom is 0.573 e. The number of nitrogens with zero attached hydrogens (tertiary/aromatic N) is 3. The van der Waals surface area contributed by atoms with E-state index >= 15 is 0 Å². The van der Waals surface area contributed by atoms with Crippen molar-refractivity contribution in [3.63, 3.8) is 0 Å². The molecule has 0 spiro atoms. The van der Waals surface area contributed by atoms with Crippen molar-refractivity contribution in [2.45, 2.75) is 19.7 Å². The van der Waals surface area contributed by atoms with E-state index < -0.39 is 29.7 Å². The van der Waals surface area contributed by atoms with Crippen molar-refractivity contribution in [3.8, 4) is 16.9 Å². The van der Waals surface area contributed by atoms with Gasteiger partial charge >= 0.3 is 6.36 Å². The lowest BCUT2D eigenvalue weighted by Crippen LogP contribution is -2.22. The minimum atomic E-state index is -5.05. The topological polar surface area (TPSA) is 67.4 Å². The highest BCUT2D eigenvalue weighted by Crippen LogP contribution is 2.33. The van der Waals surface area contributed by atoms with E-state index in [1.54, 1.807) is 0 Å². The third-order valence-electron chi connectivity index (χ3n) is 5.28. The standard InChI is InChI=1S/C23H19F5N4O2/c1-13-4-5-32(12-13)21-18(14-6-16(24)11-29-9-14)7-15(10-30-21)22(33)31-17-2-3-20(19(25)8-17)34-23(26,27)28/h2-3,6-11,13H,4-5,12H2,1H3,(H,31,33)/t13-/m1/s1. The summed E-state index contributed by atoms with van der Waals surface area (Å²) in [6, 6.07) is 5.35. The smallest absolute Gasteiger partial charge is 0.403 e. The van der Waals surface area contributed by atoms with E-state index in [9.17, 15) is 26.7 Å². The number of ether oxygens (including phenoxy) is 1. The van der Waals surface area contributed by atoms with Gasteiger partial charge in [-0.3, -0.25) is 9.78 Å². The van der Waals surface area contributed by atoms with E-state index in [2.05, 4.69) is 26.9 Å². The molecule has 0 unspecified atom stereocenters. The largest absolute Gasteiger partial charge is 0.573 e. The van der Waals surface area contributed by atoms with E-state index in [0.717, 1.165) is 37.8 Å². The minimum Gasteiger partial charge on any atom is -0.403 e. The molecule has 0 saturated carbocycles. The third-order valence-corrected chi connectivity index (χ3v) is 5.28. The Balaban J connectivity index is 1.62. The molecule has 3 heterocycles. The van der Waals surface area contributed by atoms with Gasteiger partial charge in [0, 0.05) is 48.4 Å². The van der Waals surface area contributed by atoms with Crippen LogP contribution in [0.1, 0.15) is 23.7 Å². The average molecular weight is 478 g/mol. The summed E-state index contributed by atoms with van der Waals surface area (Å²) in [7, 11) is 0. The fourth-order valence-corrected chi connectivity index (χ4v) is 3.72. The van der Waals surface area contributed by atoms with Gasteiger partial charge in [0.05, 0.1) is 11.8 Å². The summed E-state index contributed by atoms with van der Waals surface area (Å²) in [6.45, 7) is 3.61. The van der Waals surface area contributed by atoms with Crippen LogP contribution < -0.4 is 15.0 Å². The van der Waals surface area contributed by atoms with E-state index in [1.807, 2.05) is 4.90 Å². The molecule has 1 aromatic carbocycles. The van der Waals surface area contributed by atoms with Gasteiger partial charge in [0.25, 0.3) is 5.91 Å². The molecule has 1 atom stereocenters. The number of alkyl halides is 3. The van der Waals surface area contributed by atoms with Crippen molar-refractivity contribution >= 4 is 17.4 Å². The van der Waals surface area contributed by atoms with Crippen LogP contribution in [0.2, 0.25) is 0 Å². The monoisotopic (exact) mass is 478 g/mol. The molecule has 0 bridgehead atoms. The van der Waals surface area contributed by atoms with Crippen LogP contribution in [0, 0.1) is 17.6 Å². The number of hydrogen-bond donors (Lipinski definition) is 1. The van der Waals surface area contributed by atoms with Crippen molar-refractivity contribution in [3.05, 3.63) is 66.1 Å². The van der Waals surface area contributed by atoms with Gasteiger partial charge in [0.1, 0.15) is 11.6 Å². The van der Waals surface area contributed by atoms with Gasteiger partial charge in [-0.1, -0.05) is 6.92 Å². The fourth-order valence-electron chi connectivity index (χ4n) is 3.72. The first kappa shape index (κ1) is 23.4. The molecule has 1 aliphatic heterocycles. The number of carbonyl (C=O) groups excluding carboxylic acids is 1. The number of aromatic nitrogens is 2. The zero-order chi connectivity index (χ0) is 24.5. The van der Waals surface area contributed by atoms with Crippen LogP contribution in [0.25, 0.3) is 11.1 Å². The van der Waals surface area contributed by atoms with E-state index in [0.29, 0.717) is 28.9 Å². The zero-order valence-corrected chi connectivity index (χ0v) is 17.9. The maximum absolute atomic E-state index is 14.0. The molecular formula is C23H19F5N4O2. The quantitative estimate of drug-likeness (QED) is 0.496. The van der Waals surface area contributed by atoms with Gasteiger partial charge in [-0.2, -0.15) is 0 Å². The van der Waals surface area contributed by atoms with Crippen molar-refractivity contribution in [2.75, 3.05) is 23.3 Å². The van der Waals surface area contributed by atoms with Crippen LogP contribution in [-0.2, 0) is 0 Å². The lowest BCUT2D eigenvalue weighted by Gasteiger charge is -2.21. The number of pyridine rings is 2. The maximum atomic E-state index is 14.0. The molecule has 11 heteroatoms. The highest BCUT2D eigenvalue weighted by molar-refractivity contribution is 6.05. The molecule has 1 amide bonds. The molecule has 2 aromatic heterocycles. The van der Waals surface area contributed by atoms with E-state index in [4.69, 9.17) is 0 Å². The van der Waals surface area contributed by atoms with Crippen molar-refractivity contribution in [1.82, 2.24) is 9.97 Å². The summed E-state index contributed by atoms with van der Waals surface area (Å²) in [5.74, 6) is -2.51. The Labute approximate surface area is 191 Å². The molecule has 6 nitrogen and oxygen atoms in total. The number of halogens is 5. The molecule has 0 aliphatic carbocycles. The molecular weight excluding hydrogens is 459 g/mol. The summed E-state index contributed by atoms with van der Waals surface area (Å²) in [5.41, 5.74) is 0.931. The number of anilines is 2. The molecule has 34 heavy (non-hydrogen) atoms. The summed E-state index contributed by atoms with van der Waals surface area (Å²) in [5, 5.41) is 2.42. The fraction of sp³-hybridized carbons (Fsp3) is 0.261. The number of amides is 1. The van der Waals surface area contributed by atoms with Crippen molar-refractivity contribution in [1.29, 1.82) is 0 Å². The Morgan fingerprint density at radius 1 is 1.15 bits per heavy atom. The highest BCUT2D eigenvalue weighted by atomic mass is 19.4. The Morgan fingerprint density at radius 2 is 1.94 bits per heavy atom. The van der Waals surface area contributed by atoms with Crippen LogP contribution in [0.4, 0.5) is 33.5 Å². The molecule has 1 aliphatic rings. The number of benzene rings is 1. The zero-order valence-electron chi connectivity index (χ0n) is 17.9. The number of carbonyl (C=O) groups is 1. The Kier molecular flexibility index (Phi) is 6.36. The van der Waals surface area contributed by atoms with Crippen molar-refractivity contribution < 1.29 is 31.5 Å². The highest BCUT2D eigenvalue weighted by Gasteiger charge is 2.32. The molecule has 3 aromatic rings. The predicted octanol–water partition coefficient (Wildman–Crippen LogP) is 5.42. The summed E-state index contributed by atoms with van der Waals surface area (Å²) in [6.07, 6.45) is -0.231. The normalized spacial score (nSPS) is 15.9. The summed E-state index contributed by atoms with van der Waals surface area (Å²) >= 11 is 0. The van der Waals surface area contributed by atoms with Crippen LogP contribution in [-0.4, -0.2) is 35.3 Å². The molecule has 4 rings (SSSR count).